The van der Waals surface area contributed by atoms with Crippen molar-refractivity contribution in [3.8, 4) is 0 Å². The molecule has 162 valence electrons. The molecule has 0 saturated carbocycles. The highest BCUT2D eigenvalue weighted by Crippen LogP contribution is 2.25. The van der Waals surface area contributed by atoms with Crippen LogP contribution < -0.4 is 5.32 Å². The van der Waals surface area contributed by atoms with Gasteiger partial charge in [-0.3, -0.25) is 4.79 Å². The summed E-state index contributed by atoms with van der Waals surface area (Å²) in [5, 5.41) is 2.95. The number of hydrogen-bond acceptors (Lipinski definition) is 2. The average Bonchev–Trinajstić information content (AvgIpc) is 2.66. The van der Waals surface area contributed by atoms with E-state index in [1.807, 2.05) is 0 Å². The maximum absolute atomic E-state index is 11.7. The summed E-state index contributed by atoms with van der Waals surface area (Å²) in [6.45, 7) is 3.71. The number of alkyl halides is 2. The fourth-order valence-electron chi connectivity index (χ4n) is 3.17. The molecule has 5 heteroatoms. The van der Waals surface area contributed by atoms with Gasteiger partial charge in [0.15, 0.2) is 0 Å². The van der Waals surface area contributed by atoms with Gasteiger partial charge >= 0.3 is 0 Å². The molecule has 0 rings (SSSR count). The predicted molar refractivity (Wildman–Crippen MR) is 125 cm³/mol. The van der Waals surface area contributed by atoms with E-state index in [-0.39, 0.29) is 5.91 Å². The van der Waals surface area contributed by atoms with Crippen molar-refractivity contribution in [3.63, 3.8) is 0 Å². The predicted octanol–water partition coefficient (Wildman–Crippen LogP) is 7.15. The molecule has 0 aliphatic heterocycles. The van der Waals surface area contributed by atoms with Crippen LogP contribution in [0.4, 0.5) is 0 Å². The molecular formula is C22H43Br2NO2. The number of methoxy groups -OCH3 is 1. The Bertz CT molecular complexity index is 329. The quantitative estimate of drug-likeness (QED) is 0.139. The number of nitrogens with one attached hydrogen (secondary N) is 1. The first-order valence-corrected chi connectivity index (χ1v) is 13.0. The lowest BCUT2D eigenvalue weighted by Crippen LogP contribution is -2.24. The molecule has 0 aromatic rings. The van der Waals surface area contributed by atoms with Gasteiger partial charge in [-0.05, 0) is 25.7 Å². The maximum atomic E-state index is 11.7. The fraction of sp³-hybridized carbons (Fsp3) is 0.955. The van der Waals surface area contributed by atoms with Crippen LogP contribution >= 0.6 is 31.9 Å². The number of carbonyl (C=O) groups excluding carboxylic acids is 1. The normalized spacial score (nSPS) is 13.5. The Morgan fingerprint density at radius 2 is 1.33 bits per heavy atom. The van der Waals surface area contributed by atoms with E-state index < -0.39 is 0 Å². The second-order valence-electron chi connectivity index (χ2n) is 7.59. The summed E-state index contributed by atoms with van der Waals surface area (Å²) in [6, 6.07) is 0. The molecule has 1 N–H and O–H groups in total. The summed E-state index contributed by atoms with van der Waals surface area (Å²) in [5.74, 6) is 0.184. The van der Waals surface area contributed by atoms with Gasteiger partial charge in [-0.1, -0.05) is 103 Å². The molecule has 0 bridgehead atoms. The molecule has 0 aromatic carbocycles. The third kappa shape index (κ3) is 19.5. The first-order chi connectivity index (χ1) is 13.1. The molecular weight excluding hydrogens is 470 g/mol. The van der Waals surface area contributed by atoms with E-state index in [9.17, 15) is 4.79 Å². The van der Waals surface area contributed by atoms with Crippen molar-refractivity contribution in [1.82, 2.24) is 5.32 Å². The molecule has 2 atom stereocenters. The zero-order valence-corrected chi connectivity index (χ0v) is 20.9. The summed E-state index contributed by atoms with van der Waals surface area (Å²) in [6.07, 6.45) is 18.3. The molecule has 3 nitrogen and oxygen atoms in total. The summed E-state index contributed by atoms with van der Waals surface area (Å²) < 4.78 is 4.97. The average molecular weight is 513 g/mol. The van der Waals surface area contributed by atoms with E-state index in [2.05, 4.69) is 44.1 Å². The summed E-state index contributed by atoms with van der Waals surface area (Å²) in [7, 11) is 1.69. The van der Waals surface area contributed by atoms with Crippen LogP contribution in [-0.2, 0) is 9.53 Å². The second-order valence-corrected chi connectivity index (χ2v) is 9.94. The van der Waals surface area contributed by atoms with E-state index in [1.54, 1.807) is 7.11 Å². The van der Waals surface area contributed by atoms with Crippen molar-refractivity contribution >= 4 is 37.8 Å². The molecule has 1 amide bonds. The molecule has 0 radical (unpaired) electrons. The third-order valence-corrected chi connectivity index (χ3v) is 7.86. The fourth-order valence-corrected chi connectivity index (χ4v) is 4.35. The third-order valence-electron chi connectivity index (χ3n) is 4.96. The molecule has 0 fully saturated rings. The molecule has 0 unspecified atom stereocenters. The van der Waals surface area contributed by atoms with Crippen LogP contribution in [0.1, 0.15) is 103 Å². The van der Waals surface area contributed by atoms with Crippen LogP contribution in [-0.4, -0.2) is 35.8 Å². The first-order valence-electron chi connectivity index (χ1n) is 11.2. The highest BCUT2D eigenvalue weighted by atomic mass is 79.9. The molecule has 0 heterocycles. The Labute approximate surface area is 185 Å². The Hall–Kier alpha value is 0.390. The lowest BCUT2D eigenvalue weighted by molar-refractivity contribution is -0.121. The lowest BCUT2D eigenvalue weighted by Gasteiger charge is -2.16. The van der Waals surface area contributed by atoms with Crippen LogP contribution in [0.25, 0.3) is 0 Å². The van der Waals surface area contributed by atoms with Gasteiger partial charge in [-0.15, -0.1) is 0 Å². The molecule has 0 aliphatic rings. The second kappa shape index (κ2) is 21.1. The van der Waals surface area contributed by atoms with E-state index in [0.717, 1.165) is 25.8 Å². The molecule has 0 aliphatic carbocycles. The highest BCUT2D eigenvalue weighted by Gasteiger charge is 2.14. The van der Waals surface area contributed by atoms with E-state index >= 15 is 0 Å². The number of unbranched alkanes of at least 4 members (excludes halogenated alkanes) is 9. The van der Waals surface area contributed by atoms with Gasteiger partial charge < -0.3 is 10.1 Å². The highest BCUT2D eigenvalue weighted by molar-refractivity contribution is 9.12. The van der Waals surface area contributed by atoms with Crippen LogP contribution in [0.3, 0.4) is 0 Å². The largest absolute Gasteiger partial charge is 0.385 e. The number of hydrogen-bond donors (Lipinski definition) is 1. The smallest absolute Gasteiger partial charge is 0.219 e. The van der Waals surface area contributed by atoms with Crippen molar-refractivity contribution < 1.29 is 9.53 Å². The Morgan fingerprint density at radius 3 is 1.89 bits per heavy atom. The van der Waals surface area contributed by atoms with Gasteiger partial charge in [0.05, 0.1) is 0 Å². The SMILES string of the molecule is CCCCCCCC[C@H](Br)[C@@H](Br)CCCCCCCC(=O)NCCCOC. The number of halogens is 2. The van der Waals surface area contributed by atoms with Crippen LogP contribution in [0.2, 0.25) is 0 Å². The van der Waals surface area contributed by atoms with Gasteiger partial charge in [0.1, 0.15) is 0 Å². The summed E-state index contributed by atoms with van der Waals surface area (Å²) in [5.41, 5.74) is 0. The van der Waals surface area contributed by atoms with E-state index in [0.29, 0.717) is 22.7 Å². The van der Waals surface area contributed by atoms with Gasteiger partial charge in [-0.25, -0.2) is 0 Å². The van der Waals surface area contributed by atoms with Crippen LogP contribution in [0.15, 0.2) is 0 Å². The minimum absolute atomic E-state index is 0.184. The zero-order valence-electron chi connectivity index (χ0n) is 17.7. The minimum atomic E-state index is 0.184. The minimum Gasteiger partial charge on any atom is -0.385 e. The number of ether oxygens (including phenoxy) is 1. The molecule has 0 aromatic heterocycles. The van der Waals surface area contributed by atoms with Crippen LogP contribution in [0.5, 0.6) is 0 Å². The van der Waals surface area contributed by atoms with Gasteiger partial charge in [0.2, 0.25) is 5.91 Å². The molecule has 27 heavy (non-hydrogen) atoms. The van der Waals surface area contributed by atoms with Crippen molar-refractivity contribution in [1.29, 1.82) is 0 Å². The first kappa shape index (κ1) is 27.4. The van der Waals surface area contributed by atoms with Gasteiger partial charge in [0.25, 0.3) is 0 Å². The van der Waals surface area contributed by atoms with Crippen molar-refractivity contribution in [3.05, 3.63) is 0 Å². The lowest BCUT2D eigenvalue weighted by atomic mass is 10.0. The number of carbonyl (C=O) groups is 1. The number of amides is 1. The van der Waals surface area contributed by atoms with Crippen LogP contribution in [0, 0.1) is 0 Å². The number of rotatable bonds is 20. The van der Waals surface area contributed by atoms with Crippen molar-refractivity contribution in [2.24, 2.45) is 0 Å². The van der Waals surface area contributed by atoms with Crippen molar-refractivity contribution in [2.45, 2.75) is 113 Å². The standard InChI is InChI=1S/C22H43Br2NO2/c1-3-4-5-6-8-11-15-20(23)21(24)16-12-9-7-10-13-17-22(26)25-18-14-19-27-2/h20-21H,3-19H2,1-2H3,(H,25,26)/t20-,21-/m0/s1. The van der Waals surface area contributed by atoms with E-state index in [1.165, 1.54) is 70.6 Å². The van der Waals surface area contributed by atoms with Gasteiger partial charge in [0, 0.05) is 36.3 Å². The topological polar surface area (TPSA) is 38.3 Å². The Balaban J connectivity index is 3.41. The summed E-state index contributed by atoms with van der Waals surface area (Å²) in [4.78, 5) is 12.8. The Kier molecular flexibility index (Phi) is 21.4. The van der Waals surface area contributed by atoms with Gasteiger partial charge in [-0.2, -0.15) is 0 Å². The molecule has 0 saturated heterocycles. The van der Waals surface area contributed by atoms with E-state index in [4.69, 9.17) is 4.74 Å². The van der Waals surface area contributed by atoms with Crippen molar-refractivity contribution in [2.75, 3.05) is 20.3 Å². The summed E-state index contributed by atoms with van der Waals surface area (Å²) >= 11 is 7.73. The molecule has 0 spiro atoms. The monoisotopic (exact) mass is 511 g/mol. The zero-order chi connectivity index (χ0) is 20.2. The maximum Gasteiger partial charge on any atom is 0.219 e. The Morgan fingerprint density at radius 1 is 0.815 bits per heavy atom.